The Morgan fingerprint density at radius 2 is 2.44 bits per heavy atom. The molecule has 0 aliphatic rings. The lowest BCUT2D eigenvalue weighted by atomic mass is 10.3. The fourth-order valence-corrected chi connectivity index (χ4v) is 1.10. The lowest BCUT2D eigenvalue weighted by molar-refractivity contribution is 0.983. The van der Waals surface area contributed by atoms with Gasteiger partial charge in [-0.3, -0.25) is 0 Å². The summed E-state index contributed by atoms with van der Waals surface area (Å²) in [4.78, 5) is 7.87. The molecule has 0 aliphatic heterocycles. The van der Waals surface area contributed by atoms with E-state index in [0.717, 1.165) is 16.6 Å². The molecule has 0 unspecified atom stereocenters. The molecule has 1 rings (SSSR count). The van der Waals surface area contributed by atoms with Crippen LogP contribution >= 0.6 is 15.9 Å². The summed E-state index contributed by atoms with van der Waals surface area (Å²) >= 11 is 3.33. The molecule has 0 bridgehead atoms. The van der Waals surface area contributed by atoms with Crippen LogP contribution in [0.2, 0.25) is 0 Å². The van der Waals surface area contributed by atoms with Gasteiger partial charge >= 0.3 is 0 Å². The zero-order chi connectivity index (χ0) is 6.69. The van der Waals surface area contributed by atoms with Gasteiger partial charge in [0.05, 0.1) is 10.2 Å². The number of nitrogens with zero attached hydrogens (tertiary/aromatic N) is 2. The first-order valence-electron chi connectivity index (χ1n) is 2.79. The maximum Gasteiger partial charge on any atom is 0.115 e. The van der Waals surface area contributed by atoms with Gasteiger partial charge in [0.15, 0.2) is 0 Å². The van der Waals surface area contributed by atoms with Gasteiger partial charge in [0.25, 0.3) is 0 Å². The minimum Gasteiger partial charge on any atom is -0.244 e. The van der Waals surface area contributed by atoms with Gasteiger partial charge in [-0.2, -0.15) is 0 Å². The number of hydrogen-bond acceptors (Lipinski definition) is 2. The number of aryl methyl sites for hydroxylation is 1. The van der Waals surface area contributed by atoms with Crippen LogP contribution in [0.1, 0.15) is 12.6 Å². The van der Waals surface area contributed by atoms with Crippen molar-refractivity contribution in [2.45, 2.75) is 13.3 Å². The standard InChI is InChI=1S/C6H7BrN2/c1-2-6-5(7)3-8-4-9-6/h3-4H,2H2,1H3. The van der Waals surface area contributed by atoms with E-state index in [0.29, 0.717) is 0 Å². The molecule has 2 nitrogen and oxygen atoms in total. The van der Waals surface area contributed by atoms with Crippen LogP contribution in [0.3, 0.4) is 0 Å². The Balaban J connectivity index is 3.01. The molecule has 0 radical (unpaired) electrons. The summed E-state index contributed by atoms with van der Waals surface area (Å²) in [7, 11) is 0. The number of halogens is 1. The van der Waals surface area contributed by atoms with E-state index < -0.39 is 0 Å². The third-order valence-electron chi connectivity index (χ3n) is 1.08. The van der Waals surface area contributed by atoms with E-state index in [4.69, 9.17) is 0 Å². The van der Waals surface area contributed by atoms with E-state index in [2.05, 4.69) is 32.8 Å². The first-order valence-corrected chi connectivity index (χ1v) is 3.58. The van der Waals surface area contributed by atoms with Crippen molar-refractivity contribution in [3.8, 4) is 0 Å². The second-order valence-electron chi connectivity index (χ2n) is 1.67. The van der Waals surface area contributed by atoms with E-state index in [-0.39, 0.29) is 0 Å². The minimum absolute atomic E-state index is 0.948. The topological polar surface area (TPSA) is 25.8 Å². The second kappa shape index (κ2) is 2.92. The third-order valence-corrected chi connectivity index (χ3v) is 1.74. The summed E-state index contributed by atoms with van der Waals surface area (Å²) in [6, 6.07) is 0. The molecule has 0 atom stereocenters. The normalized spacial score (nSPS) is 9.56. The fourth-order valence-electron chi connectivity index (χ4n) is 0.598. The summed E-state index contributed by atoms with van der Waals surface area (Å²) < 4.78 is 0.993. The van der Waals surface area contributed by atoms with Gasteiger partial charge in [-0.25, -0.2) is 9.97 Å². The fraction of sp³-hybridized carbons (Fsp3) is 0.333. The van der Waals surface area contributed by atoms with Crippen molar-refractivity contribution >= 4 is 15.9 Å². The van der Waals surface area contributed by atoms with Gasteiger partial charge in [-0.05, 0) is 22.4 Å². The van der Waals surface area contributed by atoms with Crippen molar-refractivity contribution < 1.29 is 0 Å². The summed E-state index contributed by atoms with van der Waals surface area (Å²) in [5.41, 5.74) is 1.06. The van der Waals surface area contributed by atoms with Gasteiger partial charge in [0.2, 0.25) is 0 Å². The summed E-state index contributed by atoms with van der Waals surface area (Å²) in [6.45, 7) is 2.06. The number of hydrogen-bond donors (Lipinski definition) is 0. The van der Waals surface area contributed by atoms with Crippen LogP contribution in [0, 0.1) is 0 Å². The third kappa shape index (κ3) is 1.48. The molecule has 0 saturated carbocycles. The van der Waals surface area contributed by atoms with E-state index in [1.165, 1.54) is 0 Å². The van der Waals surface area contributed by atoms with Crippen molar-refractivity contribution in [2.24, 2.45) is 0 Å². The van der Waals surface area contributed by atoms with E-state index in [1.54, 1.807) is 12.5 Å². The van der Waals surface area contributed by atoms with E-state index in [1.807, 2.05) is 0 Å². The van der Waals surface area contributed by atoms with E-state index >= 15 is 0 Å². The van der Waals surface area contributed by atoms with Crippen molar-refractivity contribution in [3.05, 3.63) is 22.7 Å². The zero-order valence-electron chi connectivity index (χ0n) is 5.13. The predicted octanol–water partition coefficient (Wildman–Crippen LogP) is 1.80. The molecule has 1 aromatic heterocycles. The largest absolute Gasteiger partial charge is 0.244 e. The second-order valence-corrected chi connectivity index (χ2v) is 2.53. The molecule has 0 spiro atoms. The van der Waals surface area contributed by atoms with Gasteiger partial charge in [0.1, 0.15) is 6.33 Å². The quantitative estimate of drug-likeness (QED) is 0.669. The molecule has 0 saturated heterocycles. The van der Waals surface area contributed by atoms with Crippen molar-refractivity contribution in [1.82, 2.24) is 9.97 Å². The first kappa shape index (κ1) is 6.68. The minimum atomic E-state index is 0.948. The van der Waals surface area contributed by atoms with Crippen LogP contribution in [0.5, 0.6) is 0 Å². The molecule has 48 valence electrons. The molecule has 1 aromatic rings. The lowest BCUT2D eigenvalue weighted by Gasteiger charge is -1.94. The van der Waals surface area contributed by atoms with Crippen LogP contribution in [0.15, 0.2) is 17.0 Å². The molecule has 0 aromatic carbocycles. The lowest BCUT2D eigenvalue weighted by Crippen LogP contribution is -1.88. The van der Waals surface area contributed by atoms with Gasteiger partial charge in [-0.1, -0.05) is 6.92 Å². The Morgan fingerprint density at radius 3 is 2.89 bits per heavy atom. The first-order chi connectivity index (χ1) is 4.34. The van der Waals surface area contributed by atoms with Crippen LogP contribution in [0.4, 0.5) is 0 Å². The molecular formula is C6H7BrN2. The molecule has 9 heavy (non-hydrogen) atoms. The molecular weight excluding hydrogens is 180 g/mol. The van der Waals surface area contributed by atoms with Gasteiger partial charge in [0, 0.05) is 6.20 Å². The van der Waals surface area contributed by atoms with Crippen LogP contribution in [-0.2, 0) is 6.42 Å². The molecule has 3 heteroatoms. The Kier molecular flexibility index (Phi) is 2.16. The monoisotopic (exact) mass is 186 g/mol. The van der Waals surface area contributed by atoms with Crippen LogP contribution in [0.25, 0.3) is 0 Å². The highest BCUT2D eigenvalue weighted by Gasteiger charge is 1.94. The Bertz CT molecular complexity index is 200. The molecule has 0 amide bonds. The summed E-state index contributed by atoms with van der Waals surface area (Å²) in [5.74, 6) is 0. The van der Waals surface area contributed by atoms with Crippen molar-refractivity contribution in [2.75, 3.05) is 0 Å². The van der Waals surface area contributed by atoms with Gasteiger partial charge in [-0.15, -0.1) is 0 Å². The smallest absolute Gasteiger partial charge is 0.115 e. The number of aromatic nitrogens is 2. The Morgan fingerprint density at radius 1 is 1.67 bits per heavy atom. The maximum absolute atomic E-state index is 4.04. The summed E-state index contributed by atoms with van der Waals surface area (Å²) in [6.07, 6.45) is 4.26. The van der Waals surface area contributed by atoms with Crippen LogP contribution < -0.4 is 0 Å². The van der Waals surface area contributed by atoms with Gasteiger partial charge < -0.3 is 0 Å². The Hall–Kier alpha value is -0.440. The van der Waals surface area contributed by atoms with Crippen molar-refractivity contribution in [3.63, 3.8) is 0 Å². The summed E-state index contributed by atoms with van der Waals surface area (Å²) in [5, 5.41) is 0. The predicted molar refractivity (Wildman–Crippen MR) is 39.1 cm³/mol. The van der Waals surface area contributed by atoms with Crippen molar-refractivity contribution in [1.29, 1.82) is 0 Å². The highest BCUT2D eigenvalue weighted by atomic mass is 79.9. The number of rotatable bonds is 1. The zero-order valence-corrected chi connectivity index (χ0v) is 6.72. The maximum atomic E-state index is 4.04. The average Bonchev–Trinajstić information content (AvgIpc) is 1.89. The van der Waals surface area contributed by atoms with Crippen LogP contribution in [-0.4, -0.2) is 9.97 Å². The Labute approximate surface area is 62.5 Å². The molecule has 0 N–H and O–H groups in total. The molecule has 0 fully saturated rings. The SMILES string of the molecule is CCc1ncncc1Br. The van der Waals surface area contributed by atoms with E-state index in [9.17, 15) is 0 Å². The molecule has 1 heterocycles. The highest BCUT2D eigenvalue weighted by molar-refractivity contribution is 9.10. The highest BCUT2D eigenvalue weighted by Crippen LogP contribution is 2.11. The molecule has 0 aliphatic carbocycles. The average molecular weight is 187 g/mol.